The summed E-state index contributed by atoms with van der Waals surface area (Å²) < 4.78 is 11.5. The number of imide groups is 1. The van der Waals surface area contributed by atoms with Gasteiger partial charge in [0.15, 0.2) is 5.16 Å². The van der Waals surface area contributed by atoms with Gasteiger partial charge in [-0.1, -0.05) is 25.6 Å². The third-order valence-corrected chi connectivity index (χ3v) is 5.47. The predicted octanol–water partition coefficient (Wildman–Crippen LogP) is 2.40. The van der Waals surface area contributed by atoms with Crippen molar-refractivity contribution < 1.29 is 23.5 Å². The molecule has 0 aliphatic rings. The van der Waals surface area contributed by atoms with E-state index in [1.165, 1.54) is 36.1 Å². The zero-order valence-corrected chi connectivity index (χ0v) is 19.2. The number of carbonyl (C=O) groups is 3. The number of benzene rings is 1. The summed E-state index contributed by atoms with van der Waals surface area (Å²) in [5.41, 5.74) is 0.179. The molecule has 2 N–H and O–H groups in total. The molecule has 1 aromatic carbocycles. The number of hydrogen-bond donors (Lipinski definition) is 2. The smallest absolute Gasteiger partial charge is 0.337 e. The molecule has 0 unspecified atom stereocenters. The molecule has 0 atom stereocenters. The molecule has 0 bridgehead atoms. The van der Waals surface area contributed by atoms with Crippen LogP contribution in [0, 0.1) is 5.92 Å². The number of amides is 3. The average Bonchev–Trinajstić information content (AvgIpc) is 3.30. The number of thioether (sulfide) groups is 1. The van der Waals surface area contributed by atoms with Crippen molar-refractivity contribution in [2.75, 3.05) is 19.4 Å². The Balaban J connectivity index is 1.88. The largest absolute Gasteiger partial charge is 0.467 e. The number of hydrogen-bond acceptors (Lipinski definition) is 8. The predicted molar refractivity (Wildman–Crippen MR) is 122 cm³/mol. The number of fused-ring (bicyclic) bond motifs is 1. The van der Waals surface area contributed by atoms with Crippen LogP contribution in [0.4, 0.5) is 4.79 Å². The Bertz CT molecular complexity index is 1220. The first-order valence-electron chi connectivity index (χ1n) is 10.1. The van der Waals surface area contributed by atoms with Crippen LogP contribution in [0.1, 0.15) is 30.0 Å². The third kappa shape index (κ3) is 6.22. The first-order valence-corrected chi connectivity index (χ1v) is 11.1. The molecule has 3 aromatic rings. The maximum Gasteiger partial charge on any atom is 0.337 e. The number of urea groups is 1. The lowest BCUT2D eigenvalue weighted by atomic mass is 10.1. The van der Waals surface area contributed by atoms with Crippen LogP contribution in [0.25, 0.3) is 10.9 Å². The van der Waals surface area contributed by atoms with E-state index in [0.29, 0.717) is 17.7 Å². The van der Waals surface area contributed by atoms with Gasteiger partial charge in [-0.15, -0.1) is 0 Å². The van der Waals surface area contributed by atoms with Crippen LogP contribution in [-0.2, 0) is 16.1 Å². The normalized spacial score (nSPS) is 10.9. The van der Waals surface area contributed by atoms with Crippen LogP contribution in [0.3, 0.4) is 0 Å². The van der Waals surface area contributed by atoms with Crippen LogP contribution in [0.2, 0.25) is 0 Å². The molecule has 0 saturated carbocycles. The molecule has 0 spiro atoms. The first-order chi connectivity index (χ1) is 15.8. The number of esters is 1. The lowest BCUT2D eigenvalue weighted by molar-refractivity contribution is -0.117. The Morgan fingerprint density at radius 1 is 1.24 bits per heavy atom. The molecule has 3 rings (SSSR count). The number of aromatic nitrogens is 2. The molecule has 2 heterocycles. The van der Waals surface area contributed by atoms with Gasteiger partial charge in [0.25, 0.3) is 5.56 Å². The van der Waals surface area contributed by atoms with Gasteiger partial charge < -0.3 is 14.5 Å². The number of furan rings is 1. The highest BCUT2D eigenvalue weighted by atomic mass is 32.2. The molecule has 3 amide bonds. The maximum absolute atomic E-state index is 13.2. The minimum absolute atomic E-state index is 0.104. The Morgan fingerprint density at radius 3 is 2.70 bits per heavy atom. The van der Waals surface area contributed by atoms with Crippen molar-refractivity contribution in [3.05, 3.63) is 58.3 Å². The number of rotatable bonds is 8. The Labute approximate surface area is 193 Å². The molecule has 0 fully saturated rings. The van der Waals surface area contributed by atoms with Gasteiger partial charge in [-0.2, -0.15) is 0 Å². The highest BCUT2D eigenvalue weighted by molar-refractivity contribution is 7.99. The van der Waals surface area contributed by atoms with Gasteiger partial charge >= 0.3 is 12.0 Å². The summed E-state index contributed by atoms with van der Waals surface area (Å²) in [5.74, 6) is -0.471. The lowest BCUT2D eigenvalue weighted by Crippen LogP contribution is -2.41. The number of carbonyl (C=O) groups excluding carboxylic acids is 3. The van der Waals surface area contributed by atoms with Crippen molar-refractivity contribution in [2.45, 2.75) is 25.5 Å². The molecule has 0 aliphatic heterocycles. The lowest BCUT2D eigenvalue weighted by Gasteiger charge is -2.13. The summed E-state index contributed by atoms with van der Waals surface area (Å²) in [6, 6.07) is 7.30. The summed E-state index contributed by atoms with van der Waals surface area (Å²) >= 11 is 0.994. The van der Waals surface area contributed by atoms with Gasteiger partial charge in [0.05, 0.1) is 42.1 Å². The summed E-state index contributed by atoms with van der Waals surface area (Å²) in [4.78, 5) is 53.6. The van der Waals surface area contributed by atoms with Gasteiger partial charge in [0, 0.05) is 6.54 Å². The SMILES string of the molecule is COC(=O)c1ccc2c(=O)n(Cc3ccco3)c(SCC(=O)NC(=O)NCC(C)C)nc2c1. The van der Waals surface area contributed by atoms with Crippen LogP contribution in [0.5, 0.6) is 0 Å². The third-order valence-electron chi connectivity index (χ3n) is 4.49. The minimum atomic E-state index is -0.587. The average molecular weight is 473 g/mol. The number of nitrogens with one attached hydrogen (secondary N) is 2. The maximum atomic E-state index is 13.2. The Morgan fingerprint density at radius 2 is 2.03 bits per heavy atom. The molecule has 0 aliphatic carbocycles. The Kier molecular flexibility index (Phi) is 7.88. The molecule has 10 nitrogen and oxygen atoms in total. The zero-order chi connectivity index (χ0) is 24.0. The van der Waals surface area contributed by atoms with E-state index < -0.39 is 17.9 Å². The van der Waals surface area contributed by atoms with Gasteiger partial charge in [-0.3, -0.25) is 19.5 Å². The minimum Gasteiger partial charge on any atom is -0.467 e. The zero-order valence-electron chi connectivity index (χ0n) is 18.4. The summed E-state index contributed by atoms with van der Waals surface area (Å²) in [7, 11) is 1.26. The van der Waals surface area contributed by atoms with Gasteiger partial charge in [0.2, 0.25) is 5.91 Å². The van der Waals surface area contributed by atoms with Crippen LogP contribution in [-0.4, -0.2) is 46.9 Å². The van der Waals surface area contributed by atoms with E-state index in [1.807, 2.05) is 13.8 Å². The number of ether oxygens (including phenoxy) is 1. The quantitative estimate of drug-likeness (QED) is 0.290. The standard InChI is InChI=1S/C22H24N4O6S/c1-13(2)10-23-21(30)25-18(27)12-33-22-24-17-9-14(20(29)31-3)6-7-16(17)19(28)26(22)11-15-5-4-8-32-15/h4-9,13H,10-12H2,1-3H3,(H2,23,25,27,30). The van der Waals surface area contributed by atoms with E-state index in [4.69, 9.17) is 9.15 Å². The second-order valence-corrected chi connectivity index (χ2v) is 8.47. The summed E-state index contributed by atoms with van der Waals surface area (Å²) in [6.45, 7) is 4.41. The Hall–Kier alpha value is -3.60. The van der Waals surface area contributed by atoms with Crippen molar-refractivity contribution >= 4 is 40.6 Å². The van der Waals surface area contributed by atoms with Crippen molar-refractivity contribution in [3.8, 4) is 0 Å². The number of methoxy groups -OCH3 is 1. The highest BCUT2D eigenvalue weighted by Crippen LogP contribution is 2.20. The fraction of sp³-hybridized carbons (Fsp3) is 0.318. The molecule has 174 valence electrons. The van der Waals surface area contributed by atoms with Crippen LogP contribution < -0.4 is 16.2 Å². The van der Waals surface area contributed by atoms with Crippen LogP contribution >= 0.6 is 11.8 Å². The van der Waals surface area contributed by atoms with E-state index in [2.05, 4.69) is 15.6 Å². The van der Waals surface area contributed by atoms with Crippen molar-refractivity contribution in [1.82, 2.24) is 20.2 Å². The van der Waals surface area contributed by atoms with Crippen molar-refractivity contribution in [1.29, 1.82) is 0 Å². The van der Waals surface area contributed by atoms with Crippen molar-refractivity contribution in [2.24, 2.45) is 5.92 Å². The van der Waals surface area contributed by atoms with Gasteiger partial charge in [0.1, 0.15) is 5.76 Å². The molecular formula is C22H24N4O6S. The topological polar surface area (TPSA) is 133 Å². The van der Waals surface area contributed by atoms with Crippen molar-refractivity contribution in [3.63, 3.8) is 0 Å². The monoisotopic (exact) mass is 472 g/mol. The molecule has 33 heavy (non-hydrogen) atoms. The second-order valence-electron chi connectivity index (χ2n) is 7.53. The number of nitrogens with zero attached hydrogens (tertiary/aromatic N) is 2. The summed E-state index contributed by atoms with van der Waals surface area (Å²) in [6.07, 6.45) is 1.49. The highest BCUT2D eigenvalue weighted by Gasteiger charge is 2.17. The van der Waals surface area contributed by atoms with E-state index in [-0.39, 0.29) is 40.0 Å². The van der Waals surface area contributed by atoms with Crippen LogP contribution in [0.15, 0.2) is 51.0 Å². The molecule has 2 aromatic heterocycles. The second kappa shape index (κ2) is 10.8. The van der Waals surface area contributed by atoms with E-state index in [9.17, 15) is 19.2 Å². The molecule has 11 heteroatoms. The molecule has 0 saturated heterocycles. The summed E-state index contributed by atoms with van der Waals surface area (Å²) in [5, 5.41) is 5.39. The molecular weight excluding hydrogens is 448 g/mol. The van der Waals surface area contributed by atoms with Gasteiger partial charge in [-0.25, -0.2) is 14.6 Å². The van der Waals surface area contributed by atoms with E-state index >= 15 is 0 Å². The van der Waals surface area contributed by atoms with E-state index in [0.717, 1.165) is 11.8 Å². The fourth-order valence-corrected chi connectivity index (χ4v) is 3.69. The van der Waals surface area contributed by atoms with E-state index in [1.54, 1.807) is 12.1 Å². The molecule has 0 radical (unpaired) electrons. The van der Waals surface area contributed by atoms with Gasteiger partial charge in [-0.05, 0) is 36.2 Å². The fourth-order valence-electron chi connectivity index (χ4n) is 2.89. The first kappa shape index (κ1) is 24.1.